The van der Waals surface area contributed by atoms with E-state index in [2.05, 4.69) is 15.3 Å². The second-order valence-corrected chi connectivity index (χ2v) is 11.1. The molecule has 2 heterocycles. The van der Waals surface area contributed by atoms with E-state index in [0.717, 1.165) is 61.9 Å². The van der Waals surface area contributed by atoms with Crippen LogP contribution in [0, 0.1) is 13.8 Å². The minimum atomic E-state index is -4.57. The van der Waals surface area contributed by atoms with Crippen LogP contribution in [0.5, 0.6) is 0 Å². The predicted octanol–water partition coefficient (Wildman–Crippen LogP) is 4.53. The third-order valence-corrected chi connectivity index (χ3v) is 8.65. The number of anilines is 1. The van der Waals surface area contributed by atoms with Crippen molar-refractivity contribution in [1.29, 1.82) is 0 Å². The van der Waals surface area contributed by atoms with Gasteiger partial charge in [0.25, 0.3) is 0 Å². The second-order valence-electron chi connectivity index (χ2n) is 8.78. The highest BCUT2D eigenvalue weighted by atomic mass is 35.5. The van der Waals surface area contributed by atoms with Gasteiger partial charge in [0, 0.05) is 20.1 Å². The maximum atomic E-state index is 13.5. The Morgan fingerprint density at radius 1 is 1.29 bits per heavy atom. The minimum Gasteiger partial charge on any atom is -0.315 e. The summed E-state index contributed by atoms with van der Waals surface area (Å²) in [6.07, 6.45) is 0.415. The van der Waals surface area contributed by atoms with Crippen LogP contribution in [0.4, 0.5) is 18.9 Å². The molecule has 192 valence electrons. The van der Waals surface area contributed by atoms with Crippen molar-refractivity contribution in [3.8, 4) is 0 Å². The first-order chi connectivity index (χ1) is 16.0. The zero-order chi connectivity index (χ0) is 25.0. The van der Waals surface area contributed by atoms with Gasteiger partial charge in [-0.05, 0) is 65.2 Å². The average molecular weight is 542 g/mol. The molecular formula is C22H32Cl2F3N5OS. The zero-order valence-corrected chi connectivity index (χ0v) is 22.0. The SMILES string of the molecule is Cc1nn(C)c(C)c1N(CC(F)(F)F)S(=O)C1=C(Cl)C=C(CCCN2CCCNCC2)CC1Cl. The highest BCUT2D eigenvalue weighted by Gasteiger charge is 2.39. The van der Waals surface area contributed by atoms with Crippen molar-refractivity contribution < 1.29 is 17.4 Å². The molecule has 0 radical (unpaired) electrons. The molecule has 0 bridgehead atoms. The predicted molar refractivity (Wildman–Crippen MR) is 133 cm³/mol. The van der Waals surface area contributed by atoms with Crippen LogP contribution in [0.15, 0.2) is 21.6 Å². The van der Waals surface area contributed by atoms with E-state index in [-0.39, 0.29) is 15.6 Å². The Bertz CT molecular complexity index is 955. The Hall–Kier alpha value is -1.07. The maximum absolute atomic E-state index is 13.5. The number of alkyl halides is 4. The van der Waals surface area contributed by atoms with Crippen molar-refractivity contribution in [1.82, 2.24) is 20.0 Å². The maximum Gasteiger partial charge on any atom is 0.407 e. The monoisotopic (exact) mass is 541 g/mol. The largest absolute Gasteiger partial charge is 0.407 e. The molecule has 12 heteroatoms. The molecule has 2 aliphatic rings. The number of nitrogens with zero attached hydrogens (tertiary/aromatic N) is 4. The molecule has 1 aliphatic carbocycles. The summed E-state index contributed by atoms with van der Waals surface area (Å²) in [5.74, 6) is 0. The average Bonchev–Trinajstić information content (AvgIpc) is 2.90. The smallest absolute Gasteiger partial charge is 0.315 e. The minimum absolute atomic E-state index is 0.109. The lowest BCUT2D eigenvalue weighted by molar-refractivity contribution is -0.117. The third kappa shape index (κ3) is 7.00. The molecule has 2 atom stereocenters. The summed E-state index contributed by atoms with van der Waals surface area (Å²) in [7, 11) is -0.586. The van der Waals surface area contributed by atoms with Crippen LogP contribution >= 0.6 is 23.2 Å². The van der Waals surface area contributed by atoms with Gasteiger partial charge in [-0.1, -0.05) is 17.2 Å². The van der Waals surface area contributed by atoms with Crippen LogP contribution in [-0.2, 0) is 18.0 Å². The molecular weight excluding hydrogens is 510 g/mol. The van der Waals surface area contributed by atoms with Gasteiger partial charge >= 0.3 is 6.18 Å². The van der Waals surface area contributed by atoms with E-state index >= 15 is 0 Å². The second kappa shape index (κ2) is 11.8. The summed E-state index contributed by atoms with van der Waals surface area (Å²) >= 11 is 13.1. The van der Waals surface area contributed by atoms with Gasteiger partial charge in [0.05, 0.1) is 32.4 Å². The normalized spacial score (nSPS) is 21.4. The highest BCUT2D eigenvalue weighted by molar-refractivity contribution is 7.90. The first-order valence-corrected chi connectivity index (χ1v) is 13.3. The summed E-state index contributed by atoms with van der Waals surface area (Å²) in [4.78, 5) is 2.53. The molecule has 0 saturated carbocycles. The standard InChI is InChI=1S/C22H32Cl2F3N5OS/c1-15-20(16(2)30(3)29-15)32(14-22(25,26)27)34(33)21-18(23)12-17(13-19(21)24)6-4-9-31-10-5-7-28-8-11-31/h12,19,28H,4-11,13-14H2,1-3H3. The molecule has 1 aromatic rings. The van der Waals surface area contributed by atoms with Crippen molar-refractivity contribution in [3.05, 3.63) is 33.0 Å². The molecule has 2 unspecified atom stereocenters. The van der Waals surface area contributed by atoms with Crippen LogP contribution in [0.25, 0.3) is 0 Å². The Morgan fingerprint density at radius 2 is 2.03 bits per heavy atom. The topological polar surface area (TPSA) is 53.4 Å². The fourth-order valence-corrected chi connectivity index (χ4v) is 6.97. The van der Waals surface area contributed by atoms with Gasteiger partial charge < -0.3 is 10.2 Å². The van der Waals surface area contributed by atoms with E-state index in [1.165, 1.54) is 4.68 Å². The summed E-state index contributed by atoms with van der Waals surface area (Å²) in [5.41, 5.74) is 2.04. The van der Waals surface area contributed by atoms with E-state index in [1.807, 2.05) is 0 Å². The molecule has 0 aromatic carbocycles. The first kappa shape index (κ1) is 27.5. The van der Waals surface area contributed by atoms with E-state index < -0.39 is 29.1 Å². The molecule has 1 aromatic heterocycles. The van der Waals surface area contributed by atoms with Gasteiger partial charge in [0.1, 0.15) is 6.54 Å². The fraction of sp³-hybridized carbons (Fsp3) is 0.682. The van der Waals surface area contributed by atoms with Crippen LogP contribution in [0.2, 0.25) is 0 Å². The zero-order valence-electron chi connectivity index (χ0n) is 19.7. The highest BCUT2D eigenvalue weighted by Crippen LogP contribution is 2.38. The van der Waals surface area contributed by atoms with Crippen LogP contribution in [0.1, 0.15) is 37.1 Å². The number of allylic oxidation sites excluding steroid dienone is 4. The molecule has 3 rings (SSSR count). The molecule has 0 amide bonds. The summed E-state index contributed by atoms with van der Waals surface area (Å²) < 4.78 is 56.2. The van der Waals surface area contributed by atoms with Crippen molar-refractivity contribution >= 4 is 39.9 Å². The lowest BCUT2D eigenvalue weighted by Gasteiger charge is -2.29. The summed E-state index contributed by atoms with van der Waals surface area (Å²) in [6, 6.07) is 0. The first-order valence-electron chi connectivity index (χ1n) is 11.4. The number of hydrogen-bond acceptors (Lipinski definition) is 4. The van der Waals surface area contributed by atoms with E-state index in [0.29, 0.717) is 17.8 Å². The lowest BCUT2D eigenvalue weighted by Crippen LogP contribution is -2.38. The lowest BCUT2D eigenvalue weighted by atomic mass is 9.99. The summed E-state index contributed by atoms with van der Waals surface area (Å²) in [5, 5.41) is 6.98. The number of aromatic nitrogens is 2. The van der Waals surface area contributed by atoms with Crippen molar-refractivity contribution in [3.63, 3.8) is 0 Å². The molecule has 0 spiro atoms. The Kier molecular flexibility index (Phi) is 9.53. The molecule has 34 heavy (non-hydrogen) atoms. The quantitative estimate of drug-likeness (QED) is 0.491. The fourth-order valence-electron chi connectivity index (χ4n) is 4.43. The molecule has 1 N–H and O–H groups in total. The van der Waals surface area contributed by atoms with Gasteiger partial charge in [-0.25, -0.2) is 4.21 Å². The number of halogens is 5. The van der Waals surface area contributed by atoms with Gasteiger partial charge in [0.2, 0.25) is 0 Å². The Morgan fingerprint density at radius 3 is 2.65 bits per heavy atom. The van der Waals surface area contributed by atoms with Gasteiger partial charge in [-0.2, -0.15) is 18.3 Å². The number of hydrogen-bond donors (Lipinski definition) is 1. The van der Waals surface area contributed by atoms with Gasteiger partial charge in [0.15, 0.2) is 11.0 Å². The van der Waals surface area contributed by atoms with Crippen LogP contribution < -0.4 is 9.62 Å². The Labute approximate surface area is 211 Å². The van der Waals surface area contributed by atoms with Crippen molar-refractivity contribution in [2.45, 2.75) is 51.1 Å². The number of rotatable bonds is 8. The molecule has 6 nitrogen and oxygen atoms in total. The third-order valence-electron chi connectivity index (χ3n) is 6.13. The van der Waals surface area contributed by atoms with E-state index in [4.69, 9.17) is 23.2 Å². The van der Waals surface area contributed by atoms with Crippen molar-refractivity contribution in [2.24, 2.45) is 7.05 Å². The van der Waals surface area contributed by atoms with Crippen LogP contribution in [-0.4, -0.2) is 69.7 Å². The molecule has 1 fully saturated rings. The molecule has 1 saturated heterocycles. The van der Waals surface area contributed by atoms with Crippen molar-refractivity contribution in [2.75, 3.05) is 43.6 Å². The van der Waals surface area contributed by atoms with Gasteiger partial charge in [-0.3, -0.25) is 8.99 Å². The molecule has 1 aliphatic heterocycles. The number of aryl methyl sites for hydroxylation is 2. The van der Waals surface area contributed by atoms with E-state index in [1.54, 1.807) is 27.0 Å². The van der Waals surface area contributed by atoms with Crippen LogP contribution in [0.3, 0.4) is 0 Å². The Balaban J connectivity index is 1.78. The summed E-state index contributed by atoms with van der Waals surface area (Å²) in [6.45, 7) is 6.91. The van der Waals surface area contributed by atoms with E-state index in [9.17, 15) is 17.4 Å². The van der Waals surface area contributed by atoms with Gasteiger partial charge in [-0.15, -0.1) is 11.6 Å². The number of nitrogens with one attached hydrogen (secondary N) is 1.